The molecule has 0 radical (unpaired) electrons. The number of rotatable bonds is 2. The summed E-state index contributed by atoms with van der Waals surface area (Å²) in [4.78, 5) is 19.3. The lowest BCUT2D eigenvalue weighted by Crippen LogP contribution is -2.03. The van der Waals surface area contributed by atoms with Crippen molar-refractivity contribution >= 4 is 16.9 Å². The van der Waals surface area contributed by atoms with Crippen LogP contribution in [-0.2, 0) is 0 Å². The van der Waals surface area contributed by atoms with Gasteiger partial charge in [-0.3, -0.25) is 4.98 Å². The Morgan fingerprint density at radius 1 is 1.10 bits per heavy atom. The Morgan fingerprint density at radius 3 is 2.70 bits per heavy atom. The maximum atomic E-state index is 11.0. The van der Waals surface area contributed by atoms with E-state index in [2.05, 4.69) is 9.97 Å². The lowest BCUT2D eigenvalue weighted by molar-refractivity contribution is 0.0689. The Hall–Kier alpha value is -2.75. The van der Waals surface area contributed by atoms with E-state index in [1.807, 2.05) is 36.4 Å². The van der Waals surface area contributed by atoms with Crippen LogP contribution in [0.5, 0.6) is 0 Å². The van der Waals surface area contributed by atoms with E-state index in [-0.39, 0.29) is 5.69 Å². The molecule has 0 unspecified atom stereocenters. The summed E-state index contributed by atoms with van der Waals surface area (Å²) in [5, 5.41) is 10.0. The fourth-order valence-electron chi connectivity index (χ4n) is 2.21. The van der Waals surface area contributed by atoms with E-state index in [9.17, 15) is 4.79 Å². The SMILES string of the molecule is Cc1cc(-c2ccc3ncccc3c2)cnc1C(=O)O. The largest absolute Gasteiger partial charge is 0.477 e. The summed E-state index contributed by atoms with van der Waals surface area (Å²) in [7, 11) is 0. The molecule has 0 spiro atoms. The van der Waals surface area contributed by atoms with Gasteiger partial charge in [0.05, 0.1) is 5.52 Å². The maximum absolute atomic E-state index is 11.0. The number of aromatic nitrogens is 2. The molecule has 2 aromatic heterocycles. The van der Waals surface area contributed by atoms with Crippen molar-refractivity contribution in [3.05, 3.63) is 60.0 Å². The molecule has 98 valence electrons. The first kappa shape index (κ1) is 12.3. The number of aromatic carboxylic acids is 1. The summed E-state index contributed by atoms with van der Waals surface area (Å²) >= 11 is 0. The summed E-state index contributed by atoms with van der Waals surface area (Å²) in [6, 6.07) is 11.7. The van der Waals surface area contributed by atoms with Crippen LogP contribution in [0.2, 0.25) is 0 Å². The molecular weight excluding hydrogens is 252 g/mol. The zero-order valence-corrected chi connectivity index (χ0v) is 10.9. The van der Waals surface area contributed by atoms with Crippen LogP contribution in [0.25, 0.3) is 22.0 Å². The number of aryl methyl sites for hydroxylation is 1. The van der Waals surface area contributed by atoms with Crippen LogP contribution in [0, 0.1) is 6.92 Å². The van der Waals surface area contributed by atoms with E-state index in [1.165, 1.54) is 0 Å². The molecular formula is C16H12N2O2. The lowest BCUT2D eigenvalue weighted by Gasteiger charge is -2.06. The topological polar surface area (TPSA) is 63.1 Å². The molecule has 20 heavy (non-hydrogen) atoms. The highest BCUT2D eigenvalue weighted by Crippen LogP contribution is 2.24. The Morgan fingerprint density at radius 2 is 1.95 bits per heavy atom. The van der Waals surface area contributed by atoms with E-state index < -0.39 is 5.97 Å². The zero-order valence-electron chi connectivity index (χ0n) is 10.9. The third-order valence-electron chi connectivity index (χ3n) is 3.22. The van der Waals surface area contributed by atoms with Gasteiger partial charge in [0.2, 0.25) is 0 Å². The van der Waals surface area contributed by atoms with Gasteiger partial charge in [0.1, 0.15) is 0 Å². The van der Waals surface area contributed by atoms with Crippen LogP contribution < -0.4 is 0 Å². The van der Waals surface area contributed by atoms with Crippen LogP contribution in [0.1, 0.15) is 16.1 Å². The second-order valence-corrected chi connectivity index (χ2v) is 4.61. The van der Waals surface area contributed by atoms with E-state index in [0.717, 1.165) is 22.0 Å². The van der Waals surface area contributed by atoms with Gasteiger partial charge in [0.15, 0.2) is 5.69 Å². The van der Waals surface area contributed by atoms with E-state index in [4.69, 9.17) is 5.11 Å². The first-order chi connectivity index (χ1) is 9.65. The minimum Gasteiger partial charge on any atom is -0.477 e. The number of benzene rings is 1. The van der Waals surface area contributed by atoms with Gasteiger partial charge in [-0.25, -0.2) is 9.78 Å². The van der Waals surface area contributed by atoms with Crippen LogP contribution in [0.15, 0.2) is 48.8 Å². The third-order valence-corrected chi connectivity index (χ3v) is 3.22. The third kappa shape index (κ3) is 2.12. The predicted molar refractivity (Wildman–Crippen MR) is 76.7 cm³/mol. The highest BCUT2D eigenvalue weighted by molar-refractivity contribution is 5.88. The minimum atomic E-state index is -1.00. The first-order valence-electron chi connectivity index (χ1n) is 6.20. The van der Waals surface area contributed by atoms with Crippen molar-refractivity contribution in [3.8, 4) is 11.1 Å². The molecule has 0 aliphatic heterocycles. The molecule has 0 saturated heterocycles. The molecule has 3 rings (SSSR count). The molecule has 0 bridgehead atoms. The highest BCUT2D eigenvalue weighted by Gasteiger charge is 2.10. The van der Waals surface area contributed by atoms with Crippen LogP contribution in [0.3, 0.4) is 0 Å². The molecule has 0 amide bonds. The fraction of sp³-hybridized carbons (Fsp3) is 0.0625. The number of carboxylic acids is 1. The molecule has 0 fully saturated rings. The van der Waals surface area contributed by atoms with Crippen LogP contribution in [0.4, 0.5) is 0 Å². The molecule has 1 N–H and O–H groups in total. The van der Waals surface area contributed by atoms with Gasteiger partial charge in [-0.2, -0.15) is 0 Å². The quantitative estimate of drug-likeness (QED) is 0.771. The average Bonchev–Trinajstić information content (AvgIpc) is 2.46. The van der Waals surface area contributed by atoms with Gasteiger partial charge in [-0.05, 0) is 42.3 Å². The Labute approximate surface area is 115 Å². The summed E-state index contributed by atoms with van der Waals surface area (Å²) in [5.41, 5.74) is 3.58. The number of hydrogen-bond acceptors (Lipinski definition) is 3. The standard InChI is InChI=1S/C16H12N2O2/c1-10-7-13(9-18-15(10)16(19)20)11-4-5-14-12(8-11)3-2-6-17-14/h2-9H,1H3,(H,19,20). The number of pyridine rings is 2. The lowest BCUT2D eigenvalue weighted by atomic mass is 10.0. The molecule has 0 saturated carbocycles. The van der Waals surface area contributed by atoms with Crippen molar-refractivity contribution in [2.75, 3.05) is 0 Å². The van der Waals surface area contributed by atoms with Crippen molar-refractivity contribution in [2.24, 2.45) is 0 Å². The minimum absolute atomic E-state index is 0.0937. The van der Waals surface area contributed by atoms with Crippen molar-refractivity contribution in [1.82, 2.24) is 9.97 Å². The highest BCUT2D eigenvalue weighted by atomic mass is 16.4. The number of carboxylic acid groups (broad SMARTS) is 1. The van der Waals surface area contributed by atoms with E-state index >= 15 is 0 Å². The normalized spacial score (nSPS) is 10.7. The molecule has 4 heteroatoms. The molecule has 0 aliphatic rings. The Balaban J connectivity index is 2.11. The van der Waals surface area contributed by atoms with E-state index in [0.29, 0.717) is 5.56 Å². The smallest absolute Gasteiger partial charge is 0.354 e. The van der Waals surface area contributed by atoms with Crippen LogP contribution in [-0.4, -0.2) is 21.0 Å². The van der Waals surface area contributed by atoms with Gasteiger partial charge >= 0.3 is 5.97 Å². The number of carbonyl (C=O) groups is 1. The van der Waals surface area contributed by atoms with Crippen LogP contribution >= 0.6 is 0 Å². The zero-order chi connectivity index (χ0) is 14.1. The first-order valence-corrected chi connectivity index (χ1v) is 6.20. The second kappa shape index (κ2) is 4.74. The average molecular weight is 264 g/mol. The molecule has 2 heterocycles. The van der Waals surface area contributed by atoms with Gasteiger partial charge in [-0.15, -0.1) is 0 Å². The van der Waals surface area contributed by atoms with E-state index in [1.54, 1.807) is 19.3 Å². The number of nitrogens with zero attached hydrogens (tertiary/aromatic N) is 2. The molecule has 3 aromatic rings. The monoisotopic (exact) mass is 264 g/mol. The Bertz CT molecular complexity index is 812. The van der Waals surface area contributed by atoms with Gasteiger partial charge in [-0.1, -0.05) is 12.1 Å². The summed E-state index contributed by atoms with van der Waals surface area (Å²) in [6.07, 6.45) is 3.35. The molecule has 0 atom stereocenters. The summed E-state index contributed by atoms with van der Waals surface area (Å²) in [5.74, 6) is -1.00. The van der Waals surface area contributed by atoms with Gasteiger partial charge in [0.25, 0.3) is 0 Å². The van der Waals surface area contributed by atoms with Crippen molar-refractivity contribution in [1.29, 1.82) is 0 Å². The maximum Gasteiger partial charge on any atom is 0.354 e. The predicted octanol–water partition coefficient (Wildman–Crippen LogP) is 3.30. The molecule has 0 aliphatic carbocycles. The van der Waals surface area contributed by atoms with Gasteiger partial charge < -0.3 is 5.11 Å². The molecule has 1 aromatic carbocycles. The Kier molecular flexibility index (Phi) is 2.91. The second-order valence-electron chi connectivity index (χ2n) is 4.61. The number of fused-ring (bicyclic) bond motifs is 1. The number of hydrogen-bond donors (Lipinski definition) is 1. The summed E-state index contributed by atoms with van der Waals surface area (Å²) in [6.45, 7) is 1.75. The van der Waals surface area contributed by atoms with Crippen molar-refractivity contribution in [2.45, 2.75) is 6.92 Å². The van der Waals surface area contributed by atoms with Crippen molar-refractivity contribution in [3.63, 3.8) is 0 Å². The summed E-state index contributed by atoms with van der Waals surface area (Å²) < 4.78 is 0. The fourth-order valence-corrected chi connectivity index (χ4v) is 2.21. The van der Waals surface area contributed by atoms with Crippen molar-refractivity contribution < 1.29 is 9.90 Å². The van der Waals surface area contributed by atoms with Gasteiger partial charge in [0, 0.05) is 23.3 Å². The molecule has 4 nitrogen and oxygen atoms in total.